The van der Waals surface area contributed by atoms with Gasteiger partial charge in [0.25, 0.3) is 0 Å². The highest BCUT2D eigenvalue weighted by atomic mass is 35.5. The standard InChI is InChI=1S/C11H17ClN4O2/c1-4-11(2,6-13)9(17)16-10-14-7(12)5-8(15-10)18-3/h5H,4,6,13H2,1-3H3,(H,14,15,16,17). The summed E-state index contributed by atoms with van der Waals surface area (Å²) < 4.78 is 4.94. The maximum Gasteiger partial charge on any atom is 0.234 e. The Balaban J connectivity index is 2.91. The summed E-state index contributed by atoms with van der Waals surface area (Å²) in [7, 11) is 1.46. The number of carbonyl (C=O) groups is 1. The molecule has 0 bridgehead atoms. The molecule has 0 fully saturated rings. The number of rotatable bonds is 5. The van der Waals surface area contributed by atoms with Gasteiger partial charge >= 0.3 is 0 Å². The first kappa shape index (κ1) is 14.7. The van der Waals surface area contributed by atoms with Crippen molar-refractivity contribution in [1.82, 2.24) is 9.97 Å². The first-order chi connectivity index (χ1) is 8.45. The zero-order valence-electron chi connectivity index (χ0n) is 10.7. The van der Waals surface area contributed by atoms with Gasteiger partial charge in [-0.05, 0) is 13.3 Å². The molecule has 1 atom stereocenters. The lowest BCUT2D eigenvalue weighted by atomic mass is 9.87. The SMILES string of the molecule is CCC(C)(CN)C(=O)Nc1nc(Cl)cc(OC)n1. The number of aromatic nitrogens is 2. The molecule has 1 aromatic heterocycles. The number of nitrogens with one attached hydrogen (secondary N) is 1. The van der Waals surface area contributed by atoms with E-state index in [0.717, 1.165) is 0 Å². The van der Waals surface area contributed by atoms with E-state index in [1.807, 2.05) is 6.92 Å². The molecule has 1 aromatic rings. The number of ether oxygens (including phenoxy) is 1. The highest BCUT2D eigenvalue weighted by molar-refractivity contribution is 6.29. The number of hydrogen-bond acceptors (Lipinski definition) is 5. The predicted molar refractivity (Wildman–Crippen MR) is 69.7 cm³/mol. The minimum atomic E-state index is -0.654. The van der Waals surface area contributed by atoms with Crippen LogP contribution in [0.2, 0.25) is 5.15 Å². The van der Waals surface area contributed by atoms with Gasteiger partial charge < -0.3 is 10.5 Å². The van der Waals surface area contributed by atoms with Crippen LogP contribution in [-0.4, -0.2) is 29.5 Å². The van der Waals surface area contributed by atoms with Gasteiger partial charge in [-0.15, -0.1) is 0 Å². The van der Waals surface area contributed by atoms with Crippen LogP contribution in [0.3, 0.4) is 0 Å². The molecule has 1 heterocycles. The van der Waals surface area contributed by atoms with Crippen molar-refractivity contribution in [3.63, 3.8) is 0 Å². The Morgan fingerprint density at radius 3 is 2.78 bits per heavy atom. The second kappa shape index (κ2) is 5.97. The third kappa shape index (κ3) is 3.30. The van der Waals surface area contributed by atoms with Crippen LogP contribution in [0, 0.1) is 5.41 Å². The van der Waals surface area contributed by atoms with Crippen LogP contribution in [0.1, 0.15) is 20.3 Å². The van der Waals surface area contributed by atoms with Crippen molar-refractivity contribution >= 4 is 23.5 Å². The first-order valence-corrected chi connectivity index (χ1v) is 5.93. The Hall–Kier alpha value is -1.40. The molecule has 0 aromatic carbocycles. The van der Waals surface area contributed by atoms with Crippen LogP contribution < -0.4 is 15.8 Å². The van der Waals surface area contributed by atoms with Gasteiger partial charge in [-0.1, -0.05) is 18.5 Å². The molecular weight excluding hydrogens is 256 g/mol. The fraction of sp³-hybridized carbons (Fsp3) is 0.545. The monoisotopic (exact) mass is 272 g/mol. The molecule has 0 aliphatic carbocycles. The summed E-state index contributed by atoms with van der Waals surface area (Å²) in [4.78, 5) is 19.9. The number of anilines is 1. The van der Waals surface area contributed by atoms with Crippen molar-refractivity contribution in [2.75, 3.05) is 19.0 Å². The molecule has 1 rings (SSSR count). The Kier molecular flexibility index (Phi) is 4.86. The van der Waals surface area contributed by atoms with Crippen molar-refractivity contribution in [2.45, 2.75) is 20.3 Å². The number of amides is 1. The summed E-state index contributed by atoms with van der Waals surface area (Å²) in [6.07, 6.45) is 0.618. The number of carbonyl (C=O) groups excluding carboxylic acids is 1. The molecule has 7 heteroatoms. The second-order valence-electron chi connectivity index (χ2n) is 4.13. The molecular formula is C11H17ClN4O2. The number of methoxy groups -OCH3 is 1. The normalized spacial score (nSPS) is 13.8. The summed E-state index contributed by atoms with van der Waals surface area (Å²) in [5.41, 5.74) is 4.95. The van der Waals surface area contributed by atoms with Crippen LogP contribution in [-0.2, 0) is 4.79 Å². The van der Waals surface area contributed by atoms with E-state index in [0.29, 0.717) is 6.42 Å². The Morgan fingerprint density at radius 1 is 1.61 bits per heavy atom. The Labute approximate surface area is 111 Å². The number of halogens is 1. The van der Waals surface area contributed by atoms with E-state index in [9.17, 15) is 4.79 Å². The van der Waals surface area contributed by atoms with Gasteiger partial charge in [0, 0.05) is 12.6 Å². The fourth-order valence-corrected chi connectivity index (χ4v) is 1.38. The highest BCUT2D eigenvalue weighted by Gasteiger charge is 2.30. The van der Waals surface area contributed by atoms with Gasteiger partial charge in [-0.2, -0.15) is 4.98 Å². The Bertz CT molecular complexity index is 435. The van der Waals surface area contributed by atoms with E-state index in [1.165, 1.54) is 13.2 Å². The van der Waals surface area contributed by atoms with Gasteiger partial charge in [-0.25, -0.2) is 4.98 Å². The lowest BCUT2D eigenvalue weighted by molar-refractivity contribution is -0.124. The van der Waals surface area contributed by atoms with E-state index in [2.05, 4.69) is 15.3 Å². The second-order valence-corrected chi connectivity index (χ2v) is 4.52. The van der Waals surface area contributed by atoms with Crippen LogP contribution in [0.5, 0.6) is 5.88 Å². The zero-order valence-corrected chi connectivity index (χ0v) is 11.4. The molecule has 1 amide bonds. The summed E-state index contributed by atoms with van der Waals surface area (Å²) >= 11 is 5.79. The summed E-state index contributed by atoms with van der Waals surface area (Å²) in [5.74, 6) is 0.158. The quantitative estimate of drug-likeness (QED) is 0.792. The molecule has 6 nitrogen and oxygen atoms in total. The van der Waals surface area contributed by atoms with Crippen molar-refractivity contribution < 1.29 is 9.53 Å². The van der Waals surface area contributed by atoms with Crippen molar-refractivity contribution in [1.29, 1.82) is 0 Å². The maximum atomic E-state index is 12.1. The molecule has 18 heavy (non-hydrogen) atoms. The third-order valence-corrected chi connectivity index (χ3v) is 3.08. The minimum absolute atomic E-state index is 0.109. The zero-order chi connectivity index (χ0) is 13.8. The molecule has 0 saturated carbocycles. The van der Waals surface area contributed by atoms with E-state index in [1.54, 1.807) is 6.92 Å². The minimum Gasteiger partial charge on any atom is -0.481 e. The van der Waals surface area contributed by atoms with E-state index in [4.69, 9.17) is 22.1 Å². The van der Waals surface area contributed by atoms with Gasteiger partial charge in [0.1, 0.15) is 5.15 Å². The lowest BCUT2D eigenvalue weighted by Gasteiger charge is -2.24. The fourth-order valence-electron chi connectivity index (χ4n) is 1.21. The molecule has 100 valence electrons. The summed E-state index contributed by atoms with van der Waals surface area (Å²) in [6.45, 7) is 3.92. The summed E-state index contributed by atoms with van der Waals surface area (Å²) in [5, 5.41) is 2.79. The van der Waals surface area contributed by atoms with Crippen molar-refractivity contribution in [3.05, 3.63) is 11.2 Å². The van der Waals surface area contributed by atoms with Gasteiger partial charge in [0.05, 0.1) is 12.5 Å². The van der Waals surface area contributed by atoms with Crippen molar-refractivity contribution in [3.8, 4) is 5.88 Å². The van der Waals surface area contributed by atoms with E-state index < -0.39 is 5.41 Å². The molecule has 0 saturated heterocycles. The lowest BCUT2D eigenvalue weighted by Crippen LogP contribution is -2.39. The topological polar surface area (TPSA) is 90.1 Å². The molecule has 0 radical (unpaired) electrons. The third-order valence-electron chi connectivity index (χ3n) is 2.88. The average molecular weight is 273 g/mol. The van der Waals surface area contributed by atoms with Crippen LogP contribution in [0.4, 0.5) is 5.95 Å². The van der Waals surface area contributed by atoms with Crippen LogP contribution in [0.15, 0.2) is 6.07 Å². The van der Waals surface area contributed by atoms with E-state index in [-0.39, 0.29) is 29.4 Å². The van der Waals surface area contributed by atoms with Gasteiger partial charge in [0.15, 0.2) is 0 Å². The van der Waals surface area contributed by atoms with Gasteiger partial charge in [0.2, 0.25) is 17.7 Å². The molecule has 1 unspecified atom stereocenters. The highest BCUT2D eigenvalue weighted by Crippen LogP contribution is 2.22. The first-order valence-electron chi connectivity index (χ1n) is 5.55. The van der Waals surface area contributed by atoms with Crippen molar-refractivity contribution in [2.24, 2.45) is 11.1 Å². The molecule has 0 spiro atoms. The maximum absolute atomic E-state index is 12.1. The van der Waals surface area contributed by atoms with E-state index >= 15 is 0 Å². The van der Waals surface area contributed by atoms with Crippen LogP contribution in [0.25, 0.3) is 0 Å². The number of nitrogens with two attached hydrogens (primary N) is 1. The molecule has 0 aliphatic heterocycles. The summed E-state index contributed by atoms with van der Waals surface area (Å²) in [6, 6.07) is 1.46. The number of hydrogen-bond donors (Lipinski definition) is 2. The predicted octanol–water partition coefficient (Wildman–Crippen LogP) is 1.45. The van der Waals surface area contributed by atoms with Gasteiger partial charge in [-0.3, -0.25) is 10.1 Å². The smallest absolute Gasteiger partial charge is 0.234 e. The average Bonchev–Trinajstić information content (AvgIpc) is 2.36. The van der Waals surface area contributed by atoms with Crippen LogP contribution >= 0.6 is 11.6 Å². The molecule has 3 N–H and O–H groups in total. The molecule has 0 aliphatic rings. The largest absolute Gasteiger partial charge is 0.481 e. The number of nitrogens with zero attached hydrogens (tertiary/aromatic N) is 2. The Morgan fingerprint density at radius 2 is 2.28 bits per heavy atom.